The Morgan fingerprint density at radius 2 is 1.92 bits per heavy atom. The number of carboxylic acid groups (broad SMARTS) is 1. The first-order chi connectivity index (χ1) is 11.5. The van der Waals surface area contributed by atoms with Gasteiger partial charge in [-0.15, -0.1) is 0 Å². The number of piperidine rings is 1. The van der Waals surface area contributed by atoms with E-state index in [1.165, 1.54) is 0 Å². The van der Waals surface area contributed by atoms with Crippen LogP contribution in [-0.4, -0.2) is 44.8 Å². The molecule has 1 saturated heterocycles. The molecule has 1 aliphatic rings. The first kappa shape index (κ1) is 16.2. The van der Waals surface area contributed by atoms with Crippen LogP contribution in [0.5, 0.6) is 0 Å². The van der Waals surface area contributed by atoms with Crippen LogP contribution in [0.3, 0.4) is 0 Å². The number of benzene rings is 1. The maximum absolute atomic E-state index is 12.7. The van der Waals surface area contributed by atoms with Crippen LogP contribution in [-0.2, 0) is 4.79 Å². The molecule has 0 radical (unpaired) electrons. The summed E-state index contributed by atoms with van der Waals surface area (Å²) in [6.45, 7) is 4.76. The highest BCUT2D eigenvalue weighted by Gasteiger charge is 2.29. The van der Waals surface area contributed by atoms with Gasteiger partial charge in [-0.2, -0.15) is 5.10 Å². The molecule has 1 amide bonds. The molecule has 1 atom stereocenters. The van der Waals surface area contributed by atoms with Gasteiger partial charge < -0.3 is 10.0 Å². The molecule has 126 valence electrons. The Morgan fingerprint density at radius 3 is 2.58 bits per heavy atom. The van der Waals surface area contributed by atoms with Crippen LogP contribution >= 0.6 is 0 Å². The van der Waals surface area contributed by atoms with Crippen LogP contribution in [0, 0.1) is 19.8 Å². The predicted octanol–water partition coefficient (Wildman–Crippen LogP) is 2.43. The first-order valence-electron chi connectivity index (χ1n) is 8.11. The fraction of sp³-hybridized carbons (Fsp3) is 0.389. The normalized spacial score (nSPS) is 17.8. The fourth-order valence-electron chi connectivity index (χ4n) is 3.05. The molecule has 0 aliphatic carbocycles. The van der Waals surface area contributed by atoms with E-state index in [-0.39, 0.29) is 12.5 Å². The Kier molecular flexibility index (Phi) is 4.38. The third-order valence-electron chi connectivity index (χ3n) is 4.44. The molecular formula is C18H21N3O3. The molecule has 0 bridgehead atoms. The van der Waals surface area contributed by atoms with Gasteiger partial charge >= 0.3 is 5.97 Å². The molecule has 6 heteroatoms. The van der Waals surface area contributed by atoms with E-state index in [2.05, 4.69) is 5.10 Å². The molecule has 0 spiro atoms. The molecule has 1 aromatic heterocycles. The zero-order chi connectivity index (χ0) is 17.3. The van der Waals surface area contributed by atoms with Crippen LogP contribution in [0.1, 0.15) is 34.6 Å². The fourth-order valence-corrected chi connectivity index (χ4v) is 3.05. The van der Waals surface area contributed by atoms with Crippen molar-refractivity contribution in [3.8, 4) is 5.69 Å². The molecule has 3 rings (SSSR count). The highest BCUT2D eigenvalue weighted by Crippen LogP contribution is 2.20. The number of carbonyl (C=O) groups excluding carboxylic acids is 1. The molecular weight excluding hydrogens is 306 g/mol. The monoisotopic (exact) mass is 327 g/mol. The summed E-state index contributed by atoms with van der Waals surface area (Å²) in [5, 5.41) is 13.6. The number of amides is 1. The van der Waals surface area contributed by atoms with Crippen molar-refractivity contribution in [2.75, 3.05) is 13.1 Å². The maximum Gasteiger partial charge on any atom is 0.308 e. The second-order valence-electron chi connectivity index (χ2n) is 6.35. The molecule has 2 aromatic rings. The van der Waals surface area contributed by atoms with Crippen molar-refractivity contribution in [2.24, 2.45) is 5.92 Å². The van der Waals surface area contributed by atoms with Crippen molar-refractivity contribution in [3.63, 3.8) is 0 Å². The van der Waals surface area contributed by atoms with Gasteiger partial charge in [0.1, 0.15) is 0 Å². The Balaban J connectivity index is 1.82. The van der Waals surface area contributed by atoms with Gasteiger partial charge in [-0.05, 0) is 44.9 Å². The number of carbonyl (C=O) groups is 2. The Hall–Kier alpha value is -2.63. The Labute approximate surface area is 140 Å². The summed E-state index contributed by atoms with van der Waals surface area (Å²) in [5.41, 5.74) is 3.29. The van der Waals surface area contributed by atoms with Gasteiger partial charge in [0.25, 0.3) is 5.91 Å². The zero-order valence-electron chi connectivity index (χ0n) is 13.9. The minimum absolute atomic E-state index is 0.199. The lowest BCUT2D eigenvalue weighted by atomic mass is 9.98. The summed E-state index contributed by atoms with van der Waals surface area (Å²) < 4.78 is 1.74. The number of aryl methyl sites for hydroxylation is 2. The van der Waals surface area contributed by atoms with Gasteiger partial charge in [0, 0.05) is 18.8 Å². The van der Waals surface area contributed by atoms with Gasteiger partial charge in [-0.3, -0.25) is 9.59 Å². The minimum atomic E-state index is -0.839. The number of aliphatic carboxylic acids is 1. The van der Waals surface area contributed by atoms with E-state index in [0.717, 1.165) is 16.9 Å². The summed E-state index contributed by atoms with van der Waals surface area (Å²) in [7, 11) is 0. The van der Waals surface area contributed by atoms with E-state index >= 15 is 0 Å². The van der Waals surface area contributed by atoms with E-state index in [9.17, 15) is 9.59 Å². The number of aromatic nitrogens is 2. The standard InChI is InChI=1S/C18H21N3O3/c1-12-5-7-15(8-6-12)21-13(2)10-16(19-21)17(22)20-9-3-4-14(11-20)18(23)24/h5-8,10,14H,3-4,9,11H2,1-2H3,(H,23,24)/t14-/m0/s1. The summed E-state index contributed by atoms with van der Waals surface area (Å²) in [6.07, 6.45) is 1.33. The van der Waals surface area contributed by atoms with Crippen LogP contribution in [0.4, 0.5) is 0 Å². The van der Waals surface area contributed by atoms with Gasteiger partial charge in [0.05, 0.1) is 11.6 Å². The molecule has 0 unspecified atom stereocenters. The third kappa shape index (κ3) is 3.18. The lowest BCUT2D eigenvalue weighted by Crippen LogP contribution is -2.42. The number of hydrogen-bond acceptors (Lipinski definition) is 3. The second-order valence-corrected chi connectivity index (χ2v) is 6.35. The predicted molar refractivity (Wildman–Crippen MR) is 89.3 cm³/mol. The molecule has 1 fully saturated rings. The van der Waals surface area contributed by atoms with E-state index < -0.39 is 11.9 Å². The molecule has 24 heavy (non-hydrogen) atoms. The molecule has 1 aliphatic heterocycles. The number of hydrogen-bond donors (Lipinski definition) is 1. The maximum atomic E-state index is 12.7. The van der Waals surface area contributed by atoms with Gasteiger partial charge in [-0.25, -0.2) is 4.68 Å². The van der Waals surface area contributed by atoms with Crippen LogP contribution in [0.15, 0.2) is 30.3 Å². The van der Waals surface area contributed by atoms with Crippen molar-refractivity contribution in [2.45, 2.75) is 26.7 Å². The average Bonchev–Trinajstić information content (AvgIpc) is 2.97. The summed E-state index contributed by atoms with van der Waals surface area (Å²) in [4.78, 5) is 25.4. The smallest absolute Gasteiger partial charge is 0.308 e. The lowest BCUT2D eigenvalue weighted by molar-refractivity contribution is -0.143. The molecule has 0 saturated carbocycles. The van der Waals surface area contributed by atoms with Crippen LogP contribution in [0.25, 0.3) is 5.69 Å². The van der Waals surface area contributed by atoms with Gasteiger partial charge in [0.15, 0.2) is 5.69 Å². The second kappa shape index (κ2) is 6.47. The number of carboxylic acids is 1. The lowest BCUT2D eigenvalue weighted by Gasteiger charge is -2.30. The third-order valence-corrected chi connectivity index (χ3v) is 4.44. The molecule has 1 aromatic carbocycles. The topological polar surface area (TPSA) is 75.4 Å². The van der Waals surface area contributed by atoms with Crippen molar-refractivity contribution in [1.29, 1.82) is 0 Å². The first-order valence-corrected chi connectivity index (χ1v) is 8.11. The summed E-state index contributed by atoms with van der Waals surface area (Å²) in [5.74, 6) is -1.52. The highest BCUT2D eigenvalue weighted by atomic mass is 16.4. The average molecular weight is 327 g/mol. The van der Waals surface area contributed by atoms with E-state index in [1.807, 2.05) is 38.1 Å². The SMILES string of the molecule is Cc1ccc(-n2nc(C(=O)N3CCC[C@H](C(=O)O)C3)cc2C)cc1. The highest BCUT2D eigenvalue weighted by molar-refractivity contribution is 5.93. The van der Waals surface area contributed by atoms with E-state index in [4.69, 9.17) is 5.11 Å². The van der Waals surface area contributed by atoms with Crippen LogP contribution in [0.2, 0.25) is 0 Å². The minimum Gasteiger partial charge on any atom is -0.481 e. The summed E-state index contributed by atoms with van der Waals surface area (Å²) in [6, 6.07) is 9.68. The van der Waals surface area contributed by atoms with Gasteiger partial charge in [0.2, 0.25) is 0 Å². The quantitative estimate of drug-likeness (QED) is 0.939. The molecule has 2 heterocycles. The van der Waals surface area contributed by atoms with Crippen molar-refractivity contribution >= 4 is 11.9 Å². The van der Waals surface area contributed by atoms with Crippen molar-refractivity contribution < 1.29 is 14.7 Å². The summed E-state index contributed by atoms with van der Waals surface area (Å²) >= 11 is 0. The Bertz CT molecular complexity index is 764. The molecule has 1 N–H and O–H groups in total. The number of nitrogens with zero attached hydrogens (tertiary/aromatic N) is 3. The van der Waals surface area contributed by atoms with Crippen molar-refractivity contribution in [3.05, 3.63) is 47.3 Å². The Morgan fingerprint density at radius 1 is 1.21 bits per heavy atom. The van der Waals surface area contributed by atoms with Crippen LogP contribution < -0.4 is 0 Å². The number of likely N-dealkylation sites (tertiary alicyclic amines) is 1. The van der Waals surface area contributed by atoms with Crippen molar-refractivity contribution in [1.82, 2.24) is 14.7 Å². The van der Waals surface area contributed by atoms with Gasteiger partial charge in [-0.1, -0.05) is 17.7 Å². The number of rotatable bonds is 3. The molecule has 6 nitrogen and oxygen atoms in total. The largest absolute Gasteiger partial charge is 0.481 e. The van der Waals surface area contributed by atoms with E-state index in [0.29, 0.717) is 25.1 Å². The van der Waals surface area contributed by atoms with E-state index in [1.54, 1.807) is 15.6 Å². The zero-order valence-corrected chi connectivity index (χ0v) is 13.9.